The third-order valence-electron chi connectivity index (χ3n) is 2.85. The molecule has 0 saturated heterocycles. The first-order valence-corrected chi connectivity index (χ1v) is 6.34. The molecule has 0 amide bonds. The second kappa shape index (κ2) is 6.18. The Kier molecular flexibility index (Phi) is 4.34. The summed E-state index contributed by atoms with van der Waals surface area (Å²) in [6.07, 6.45) is 1.84. The molecule has 0 aliphatic carbocycles. The van der Waals surface area contributed by atoms with E-state index >= 15 is 0 Å². The van der Waals surface area contributed by atoms with E-state index in [-0.39, 0.29) is 5.82 Å². The topological polar surface area (TPSA) is 28.2 Å². The van der Waals surface area contributed by atoms with Crippen LogP contribution < -0.4 is 10.2 Å². The minimum Gasteiger partial charge on any atom is -0.370 e. The average molecular weight is 259 g/mol. The Bertz CT molecular complexity index is 525. The summed E-state index contributed by atoms with van der Waals surface area (Å²) in [6.45, 7) is 3.59. The van der Waals surface area contributed by atoms with Crippen LogP contribution in [0.2, 0.25) is 0 Å². The minimum absolute atomic E-state index is 0.218. The van der Waals surface area contributed by atoms with Crippen LogP contribution in [0.5, 0.6) is 0 Å². The van der Waals surface area contributed by atoms with E-state index in [2.05, 4.69) is 10.3 Å². The molecule has 0 spiro atoms. The number of nitrogens with one attached hydrogen (secondary N) is 1. The van der Waals surface area contributed by atoms with E-state index in [1.165, 1.54) is 12.1 Å². The number of benzene rings is 1. The van der Waals surface area contributed by atoms with Crippen molar-refractivity contribution < 1.29 is 4.39 Å². The number of nitrogens with zero attached hydrogens (tertiary/aromatic N) is 2. The van der Waals surface area contributed by atoms with E-state index in [9.17, 15) is 4.39 Å². The van der Waals surface area contributed by atoms with Gasteiger partial charge in [-0.15, -0.1) is 0 Å². The lowest BCUT2D eigenvalue weighted by atomic mass is 10.2. The summed E-state index contributed by atoms with van der Waals surface area (Å²) >= 11 is 0. The Morgan fingerprint density at radius 3 is 2.74 bits per heavy atom. The molecule has 0 unspecified atom stereocenters. The van der Waals surface area contributed by atoms with E-state index in [1.54, 1.807) is 6.07 Å². The molecule has 0 saturated carbocycles. The highest BCUT2D eigenvalue weighted by atomic mass is 19.1. The van der Waals surface area contributed by atoms with Crippen molar-refractivity contribution in [1.82, 2.24) is 4.98 Å². The van der Waals surface area contributed by atoms with E-state index < -0.39 is 0 Å². The maximum absolute atomic E-state index is 13.2. The van der Waals surface area contributed by atoms with Gasteiger partial charge in [0, 0.05) is 32.0 Å². The number of hydrogen-bond donors (Lipinski definition) is 1. The van der Waals surface area contributed by atoms with Gasteiger partial charge in [-0.25, -0.2) is 9.37 Å². The number of halogens is 1. The summed E-state index contributed by atoms with van der Waals surface area (Å²) in [6, 6.07) is 10.6. The molecule has 0 radical (unpaired) electrons. The highest BCUT2D eigenvalue weighted by molar-refractivity contribution is 5.46. The van der Waals surface area contributed by atoms with Crippen molar-refractivity contribution in [3.8, 4) is 0 Å². The molecule has 1 aromatic carbocycles. The van der Waals surface area contributed by atoms with Gasteiger partial charge in [-0.3, -0.25) is 0 Å². The Balaban J connectivity index is 2.04. The van der Waals surface area contributed by atoms with Gasteiger partial charge in [-0.1, -0.05) is 12.1 Å². The molecule has 1 heterocycles. The van der Waals surface area contributed by atoms with Gasteiger partial charge in [0.25, 0.3) is 0 Å². The molecule has 1 aromatic heterocycles. The fourth-order valence-corrected chi connectivity index (χ4v) is 1.88. The quantitative estimate of drug-likeness (QED) is 0.893. The Hall–Kier alpha value is -2.10. The summed E-state index contributed by atoms with van der Waals surface area (Å²) in [4.78, 5) is 6.31. The van der Waals surface area contributed by atoms with Crippen LogP contribution in [0.3, 0.4) is 0 Å². The molecule has 2 aromatic rings. The Morgan fingerprint density at radius 2 is 2.11 bits per heavy atom. The standard InChI is InChI=1S/C15H18FN3/c1-3-17-15-8-7-12(10-18-15)11-19(2)14-6-4-5-13(16)9-14/h4-10H,3,11H2,1-2H3,(H,17,18). The first-order valence-electron chi connectivity index (χ1n) is 6.34. The molecule has 0 bridgehead atoms. The van der Waals surface area contributed by atoms with Gasteiger partial charge in [-0.05, 0) is 36.8 Å². The third kappa shape index (κ3) is 3.68. The number of hydrogen-bond acceptors (Lipinski definition) is 3. The second-order valence-electron chi connectivity index (χ2n) is 4.42. The normalized spacial score (nSPS) is 10.3. The number of rotatable bonds is 5. The molecule has 3 nitrogen and oxygen atoms in total. The largest absolute Gasteiger partial charge is 0.370 e. The maximum Gasteiger partial charge on any atom is 0.125 e. The lowest BCUT2D eigenvalue weighted by Gasteiger charge is -2.19. The van der Waals surface area contributed by atoms with E-state index in [0.717, 1.165) is 23.6 Å². The summed E-state index contributed by atoms with van der Waals surface area (Å²) in [5.41, 5.74) is 1.95. The molecule has 0 atom stereocenters. The Labute approximate surface area is 113 Å². The lowest BCUT2D eigenvalue weighted by molar-refractivity contribution is 0.627. The van der Waals surface area contributed by atoms with Crippen molar-refractivity contribution in [2.45, 2.75) is 13.5 Å². The molecule has 4 heteroatoms. The van der Waals surface area contributed by atoms with Gasteiger partial charge in [0.15, 0.2) is 0 Å². The smallest absolute Gasteiger partial charge is 0.125 e. The SMILES string of the molecule is CCNc1ccc(CN(C)c2cccc(F)c2)cn1. The van der Waals surface area contributed by atoms with E-state index in [0.29, 0.717) is 6.54 Å². The zero-order valence-electron chi connectivity index (χ0n) is 11.2. The molecular formula is C15H18FN3. The van der Waals surface area contributed by atoms with Crippen LogP contribution >= 0.6 is 0 Å². The Morgan fingerprint density at radius 1 is 1.26 bits per heavy atom. The molecule has 0 aliphatic heterocycles. The van der Waals surface area contributed by atoms with E-state index in [1.807, 2.05) is 43.3 Å². The molecular weight excluding hydrogens is 241 g/mol. The predicted octanol–water partition coefficient (Wildman–Crippen LogP) is 3.29. The van der Waals surface area contributed by atoms with Gasteiger partial charge in [0.2, 0.25) is 0 Å². The monoisotopic (exact) mass is 259 g/mol. The van der Waals surface area contributed by atoms with Crippen molar-refractivity contribution in [3.63, 3.8) is 0 Å². The van der Waals surface area contributed by atoms with Crippen LogP contribution in [0.25, 0.3) is 0 Å². The van der Waals surface area contributed by atoms with Gasteiger partial charge < -0.3 is 10.2 Å². The average Bonchev–Trinajstić information content (AvgIpc) is 2.41. The van der Waals surface area contributed by atoms with Crippen LogP contribution in [-0.4, -0.2) is 18.6 Å². The zero-order chi connectivity index (χ0) is 13.7. The summed E-state index contributed by atoms with van der Waals surface area (Å²) in [7, 11) is 1.94. The highest BCUT2D eigenvalue weighted by Gasteiger charge is 2.03. The van der Waals surface area contributed by atoms with Crippen LogP contribution in [0.1, 0.15) is 12.5 Å². The van der Waals surface area contributed by atoms with Crippen molar-refractivity contribution in [3.05, 3.63) is 54.0 Å². The molecule has 0 fully saturated rings. The van der Waals surface area contributed by atoms with Crippen LogP contribution in [0, 0.1) is 5.82 Å². The molecule has 1 N–H and O–H groups in total. The van der Waals surface area contributed by atoms with Crippen molar-refractivity contribution in [2.75, 3.05) is 23.8 Å². The van der Waals surface area contributed by atoms with E-state index in [4.69, 9.17) is 0 Å². The van der Waals surface area contributed by atoms with Crippen molar-refractivity contribution in [2.24, 2.45) is 0 Å². The highest BCUT2D eigenvalue weighted by Crippen LogP contribution is 2.16. The first kappa shape index (κ1) is 13.3. The fraction of sp³-hybridized carbons (Fsp3) is 0.267. The molecule has 100 valence electrons. The third-order valence-corrected chi connectivity index (χ3v) is 2.85. The molecule has 19 heavy (non-hydrogen) atoms. The lowest BCUT2D eigenvalue weighted by Crippen LogP contribution is -2.16. The maximum atomic E-state index is 13.2. The molecule has 2 rings (SSSR count). The molecule has 0 aliphatic rings. The number of aromatic nitrogens is 1. The van der Waals surface area contributed by atoms with Crippen LogP contribution in [-0.2, 0) is 6.54 Å². The van der Waals surface area contributed by atoms with Gasteiger partial charge in [-0.2, -0.15) is 0 Å². The van der Waals surface area contributed by atoms with Crippen LogP contribution in [0.4, 0.5) is 15.9 Å². The summed E-state index contributed by atoms with van der Waals surface area (Å²) in [5.74, 6) is 0.657. The van der Waals surface area contributed by atoms with Crippen LogP contribution in [0.15, 0.2) is 42.6 Å². The predicted molar refractivity (Wildman–Crippen MR) is 76.9 cm³/mol. The van der Waals surface area contributed by atoms with Gasteiger partial charge in [0.05, 0.1) is 0 Å². The van der Waals surface area contributed by atoms with Crippen molar-refractivity contribution in [1.29, 1.82) is 0 Å². The van der Waals surface area contributed by atoms with Gasteiger partial charge >= 0.3 is 0 Å². The summed E-state index contributed by atoms with van der Waals surface area (Å²) in [5, 5.41) is 3.15. The fourth-order valence-electron chi connectivity index (χ4n) is 1.88. The number of anilines is 2. The summed E-state index contributed by atoms with van der Waals surface area (Å²) < 4.78 is 13.2. The first-order chi connectivity index (χ1) is 9.19. The number of pyridine rings is 1. The second-order valence-corrected chi connectivity index (χ2v) is 4.42. The van der Waals surface area contributed by atoms with Gasteiger partial charge in [0.1, 0.15) is 11.6 Å². The van der Waals surface area contributed by atoms with Crippen molar-refractivity contribution >= 4 is 11.5 Å². The zero-order valence-corrected chi connectivity index (χ0v) is 11.2. The minimum atomic E-state index is -0.218.